The summed E-state index contributed by atoms with van der Waals surface area (Å²) in [7, 11) is 0. The second-order valence-electron chi connectivity index (χ2n) is 3.38. The van der Waals surface area contributed by atoms with Crippen molar-refractivity contribution in [1.29, 1.82) is 0 Å². The Hall–Kier alpha value is -2.34. The molecule has 6 nitrogen and oxygen atoms in total. The molecule has 0 bridgehead atoms. The molecule has 0 saturated heterocycles. The summed E-state index contributed by atoms with van der Waals surface area (Å²) in [4.78, 5) is 17.7. The summed E-state index contributed by atoms with van der Waals surface area (Å²) in [5.41, 5.74) is 1.40. The van der Waals surface area contributed by atoms with Crippen LogP contribution >= 0.6 is 0 Å². The molecule has 1 aromatic heterocycles. The first-order valence-corrected chi connectivity index (χ1v) is 4.87. The molecule has 1 aromatic carbocycles. The third-order valence-electron chi connectivity index (χ3n) is 2.24. The lowest BCUT2D eigenvalue weighted by molar-refractivity contribution is -0.385. The molecular weight excluding hydrogens is 222 g/mol. The topological polar surface area (TPSA) is 89.2 Å². The van der Waals surface area contributed by atoms with E-state index in [2.05, 4.69) is 9.97 Å². The van der Waals surface area contributed by atoms with Gasteiger partial charge in [0.25, 0.3) is 0 Å². The van der Waals surface area contributed by atoms with E-state index in [0.29, 0.717) is 5.82 Å². The van der Waals surface area contributed by atoms with Crippen LogP contribution in [0.5, 0.6) is 0 Å². The fourth-order valence-electron chi connectivity index (χ4n) is 1.32. The lowest BCUT2D eigenvalue weighted by Gasteiger charge is -2.00. The van der Waals surface area contributed by atoms with Gasteiger partial charge in [-0.2, -0.15) is 0 Å². The van der Waals surface area contributed by atoms with Gasteiger partial charge >= 0.3 is 5.69 Å². The molecule has 0 amide bonds. The Balaban J connectivity index is 2.29. The van der Waals surface area contributed by atoms with Crippen LogP contribution in [0.4, 0.5) is 5.69 Å². The third-order valence-corrected chi connectivity index (χ3v) is 2.24. The normalized spacial score (nSPS) is 10.2. The smallest absolute Gasteiger partial charge is 0.305 e. The number of aromatic nitrogens is 2. The first-order chi connectivity index (χ1) is 8.20. The van der Waals surface area contributed by atoms with Gasteiger partial charge in [0, 0.05) is 5.56 Å². The number of aliphatic hydroxyl groups excluding tert-OH is 1. The Morgan fingerprint density at radius 3 is 2.24 bits per heavy atom. The Morgan fingerprint density at radius 1 is 1.18 bits per heavy atom. The minimum atomic E-state index is -0.543. The van der Waals surface area contributed by atoms with Crippen LogP contribution in [0.2, 0.25) is 0 Å². The zero-order chi connectivity index (χ0) is 12.3. The summed E-state index contributed by atoms with van der Waals surface area (Å²) in [5.74, 6) is 0.417. The van der Waals surface area contributed by atoms with Crippen LogP contribution < -0.4 is 0 Å². The number of rotatable bonds is 3. The molecule has 0 fully saturated rings. The molecule has 2 aromatic rings. The van der Waals surface area contributed by atoms with E-state index in [1.54, 1.807) is 24.3 Å². The van der Waals surface area contributed by atoms with Gasteiger partial charge in [0.15, 0.2) is 5.82 Å². The van der Waals surface area contributed by atoms with Crippen molar-refractivity contribution in [2.45, 2.75) is 6.61 Å². The molecule has 0 atom stereocenters. The Morgan fingerprint density at radius 2 is 1.76 bits per heavy atom. The molecular formula is C11H9N3O3. The fraction of sp³-hybridized carbons (Fsp3) is 0.0909. The van der Waals surface area contributed by atoms with Crippen molar-refractivity contribution < 1.29 is 10.0 Å². The van der Waals surface area contributed by atoms with Crippen LogP contribution in [0.15, 0.2) is 36.7 Å². The van der Waals surface area contributed by atoms with Crippen molar-refractivity contribution in [3.8, 4) is 11.4 Å². The molecule has 0 unspecified atom stereocenters. The quantitative estimate of drug-likeness (QED) is 0.639. The van der Waals surface area contributed by atoms with Crippen molar-refractivity contribution >= 4 is 5.69 Å². The standard InChI is InChI=1S/C11H9N3O3/c15-7-8-1-3-9(4-2-8)11-12-5-10(6-13-11)14(16)17/h1-6,15H,7H2. The Kier molecular flexibility index (Phi) is 3.06. The van der Waals surface area contributed by atoms with Gasteiger partial charge in [0.05, 0.1) is 11.5 Å². The van der Waals surface area contributed by atoms with Gasteiger partial charge in [-0.1, -0.05) is 24.3 Å². The number of benzene rings is 1. The molecule has 17 heavy (non-hydrogen) atoms. The van der Waals surface area contributed by atoms with E-state index >= 15 is 0 Å². The van der Waals surface area contributed by atoms with Crippen molar-refractivity contribution in [2.75, 3.05) is 0 Å². The van der Waals surface area contributed by atoms with Gasteiger partial charge in [0.2, 0.25) is 0 Å². The summed E-state index contributed by atoms with van der Waals surface area (Å²) >= 11 is 0. The highest BCUT2D eigenvalue weighted by atomic mass is 16.6. The largest absolute Gasteiger partial charge is 0.392 e. The van der Waals surface area contributed by atoms with Crippen LogP contribution in [-0.4, -0.2) is 20.0 Å². The number of hydrogen-bond acceptors (Lipinski definition) is 5. The van der Waals surface area contributed by atoms with Crippen LogP contribution in [0.25, 0.3) is 11.4 Å². The van der Waals surface area contributed by atoms with Gasteiger partial charge in [-0.25, -0.2) is 9.97 Å². The maximum absolute atomic E-state index is 10.4. The molecule has 86 valence electrons. The van der Waals surface area contributed by atoms with Crippen LogP contribution in [0.3, 0.4) is 0 Å². The molecule has 2 rings (SSSR count). The van der Waals surface area contributed by atoms with E-state index in [1.807, 2.05) is 0 Å². The monoisotopic (exact) mass is 231 g/mol. The summed E-state index contributed by atoms with van der Waals surface area (Å²) in [6.45, 7) is -0.0264. The molecule has 0 aliphatic heterocycles. The molecule has 0 aliphatic rings. The zero-order valence-corrected chi connectivity index (χ0v) is 8.78. The van der Waals surface area contributed by atoms with Crippen molar-refractivity contribution in [3.63, 3.8) is 0 Å². The van der Waals surface area contributed by atoms with Crippen LogP contribution in [0.1, 0.15) is 5.56 Å². The Bertz CT molecular complexity index is 523. The first-order valence-electron chi connectivity index (χ1n) is 4.87. The van der Waals surface area contributed by atoms with E-state index < -0.39 is 4.92 Å². The highest BCUT2D eigenvalue weighted by Crippen LogP contribution is 2.17. The second-order valence-corrected chi connectivity index (χ2v) is 3.38. The van der Waals surface area contributed by atoms with Crippen molar-refractivity contribution in [3.05, 3.63) is 52.3 Å². The molecule has 6 heteroatoms. The predicted octanol–water partition coefficient (Wildman–Crippen LogP) is 1.54. The summed E-state index contributed by atoms with van der Waals surface area (Å²) in [6.07, 6.45) is 2.34. The maximum Gasteiger partial charge on any atom is 0.305 e. The highest BCUT2D eigenvalue weighted by Gasteiger charge is 2.07. The van der Waals surface area contributed by atoms with Gasteiger partial charge in [0.1, 0.15) is 12.4 Å². The van der Waals surface area contributed by atoms with Gasteiger partial charge in [-0.3, -0.25) is 10.1 Å². The number of nitrogens with zero attached hydrogens (tertiary/aromatic N) is 3. The maximum atomic E-state index is 10.4. The summed E-state index contributed by atoms with van der Waals surface area (Å²) in [5, 5.41) is 19.3. The summed E-state index contributed by atoms with van der Waals surface area (Å²) < 4.78 is 0. The number of aliphatic hydroxyl groups is 1. The average molecular weight is 231 g/mol. The number of nitro groups is 1. The summed E-state index contributed by atoms with van der Waals surface area (Å²) in [6, 6.07) is 7.01. The Labute approximate surface area is 96.7 Å². The highest BCUT2D eigenvalue weighted by molar-refractivity contribution is 5.55. The van der Waals surface area contributed by atoms with E-state index in [-0.39, 0.29) is 12.3 Å². The molecule has 1 heterocycles. The molecule has 0 aliphatic carbocycles. The lowest BCUT2D eigenvalue weighted by atomic mass is 10.1. The van der Waals surface area contributed by atoms with Crippen molar-refractivity contribution in [1.82, 2.24) is 9.97 Å². The van der Waals surface area contributed by atoms with E-state index in [0.717, 1.165) is 11.1 Å². The number of hydrogen-bond donors (Lipinski definition) is 1. The minimum Gasteiger partial charge on any atom is -0.392 e. The van der Waals surface area contributed by atoms with Crippen molar-refractivity contribution in [2.24, 2.45) is 0 Å². The van der Waals surface area contributed by atoms with Gasteiger partial charge < -0.3 is 5.11 Å². The van der Waals surface area contributed by atoms with Crippen LogP contribution in [0, 0.1) is 10.1 Å². The molecule has 0 radical (unpaired) electrons. The molecule has 0 spiro atoms. The first kappa shape index (κ1) is 11.2. The predicted molar refractivity (Wildman–Crippen MR) is 60.0 cm³/mol. The SMILES string of the molecule is O=[N+]([O-])c1cnc(-c2ccc(CO)cc2)nc1. The van der Waals surface area contributed by atoms with Gasteiger partial charge in [-0.15, -0.1) is 0 Å². The lowest BCUT2D eigenvalue weighted by Crippen LogP contribution is -1.93. The van der Waals surface area contributed by atoms with E-state index in [1.165, 1.54) is 12.4 Å². The molecule has 0 saturated carbocycles. The molecule has 1 N–H and O–H groups in total. The fourth-order valence-corrected chi connectivity index (χ4v) is 1.32. The van der Waals surface area contributed by atoms with E-state index in [4.69, 9.17) is 5.11 Å². The van der Waals surface area contributed by atoms with E-state index in [9.17, 15) is 10.1 Å². The third kappa shape index (κ3) is 2.43. The second kappa shape index (κ2) is 4.67. The zero-order valence-electron chi connectivity index (χ0n) is 8.78. The van der Waals surface area contributed by atoms with Gasteiger partial charge in [-0.05, 0) is 5.56 Å². The average Bonchev–Trinajstić information content (AvgIpc) is 2.39. The van der Waals surface area contributed by atoms with Crippen LogP contribution in [-0.2, 0) is 6.61 Å². The minimum absolute atomic E-state index is 0.0264.